The molecule has 0 saturated carbocycles. The van der Waals surface area contributed by atoms with E-state index in [1.54, 1.807) is 0 Å². The lowest BCUT2D eigenvalue weighted by Crippen LogP contribution is -2.33. The Labute approximate surface area is 160 Å². The lowest BCUT2D eigenvalue weighted by atomic mass is 9.75. The van der Waals surface area contributed by atoms with Gasteiger partial charge in [-0.2, -0.15) is 0 Å². The molecule has 0 aromatic heterocycles. The van der Waals surface area contributed by atoms with Crippen LogP contribution in [-0.4, -0.2) is 22.2 Å². The van der Waals surface area contributed by atoms with Gasteiger partial charge in [0, 0.05) is 0 Å². The van der Waals surface area contributed by atoms with Gasteiger partial charge in [0.15, 0.2) is 0 Å². The fourth-order valence-corrected chi connectivity index (χ4v) is 3.72. The van der Waals surface area contributed by atoms with Crippen LogP contribution < -0.4 is 0 Å². The van der Waals surface area contributed by atoms with E-state index in [9.17, 15) is 19.8 Å². The normalized spacial score (nSPS) is 13.5. The van der Waals surface area contributed by atoms with Crippen molar-refractivity contribution in [2.75, 3.05) is 0 Å². The predicted octanol–water partition coefficient (Wildman–Crippen LogP) is 6.81. The second kappa shape index (κ2) is 16.1. The van der Waals surface area contributed by atoms with Crippen molar-refractivity contribution in [3.05, 3.63) is 0 Å². The zero-order chi connectivity index (χ0) is 19.7. The zero-order valence-electron chi connectivity index (χ0n) is 17.2. The molecule has 0 radical (unpaired) electrons. The smallest absolute Gasteiger partial charge is 0.310 e. The Hall–Kier alpha value is -1.06. The zero-order valence-corrected chi connectivity index (χ0v) is 17.2. The van der Waals surface area contributed by atoms with Crippen LogP contribution in [0.5, 0.6) is 0 Å². The Morgan fingerprint density at radius 2 is 0.962 bits per heavy atom. The van der Waals surface area contributed by atoms with Gasteiger partial charge in [-0.15, -0.1) is 0 Å². The highest BCUT2D eigenvalue weighted by Gasteiger charge is 2.39. The highest BCUT2D eigenvalue weighted by molar-refractivity contribution is 5.81. The Morgan fingerprint density at radius 1 is 0.615 bits per heavy atom. The summed E-state index contributed by atoms with van der Waals surface area (Å²) in [6.45, 7) is 4.38. The number of hydrogen-bond donors (Lipinski definition) is 2. The maximum absolute atomic E-state index is 11.9. The monoisotopic (exact) mass is 370 g/mol. The van der Waals surface area contributed by atoms with Crippen molar-refractivity contribution >= 4 is 11.9 Å². The van der Waals surface area contributed by atoms with Crippen molar-refractivity contribution in [2.24, 2.45) is 5.41 Å². The summed E-state index contributed by atoms with van der Waals surface area (Å²) in [7, 11) is 0. The molecule has 0 saturated heterocycles. The third-order valence-electron chi connectivity index (χ3n) is 5.46. The summed E-state index contributed by atoms with van der Waals surface area (Å²) in [6, 6.07) is 0. The summed E-state index contributed by atoms with van der Waals surface area (Å²) in [5.41, 5.74) is -1.07. The number of aliphatic carboxylic acids is 2. The number of unbranched alkanes of at least 4 members (excludes halogenated alkanes) is 12. The molecule has 4 heteroatoms. The third-order valence-corrected chi connectivity index (χ3v) is 5.46. The fraction of sp³-hybridized carbons (Fsp3) is 0.909. The molecular formula is C22H42O4. The summed E-state index contributed by atoms with van der Waals surface area (Å²) >= 11 is 0. The van der Waals surface area contributed by atoms with Crippen LogP contribution in [0.25, 0.3) is 0 Å². The molecule has 1 unspecified atom stereocenters. The minimum atomic E-state index is -1.07. The van der Waals surface area contributed by atoms with E-state index in [-0.39, 0.29) is 6.42 Å². The molecule has 0 heterocycles. The molecule has 0 spiro atoms. The van der Waals surface area contributed by atoms with E-state index in [1.807, 2.05) is 0 Å². The van der Waals surface area contributed by atoms with Crippen LogP contribution in [0.15, 0.2) is 0 Å². The van der Waals surface area contributed by atoms with Crippen molar-refractivity contribution in [2.45, 2.75) is 123 Å². The van der Waals surface area contributed by atoms with Crippen LogP contribution >= 0.6 is 0 Å². The molecule has 0 aromatic rings. The quantitative estimate of drug-likeness (QED) is 0.245. The van der Waals surface area contributed by atoms with Crippen LogP contribution in [0.3, 0.4) is 0 Å². The standard InChI is InChI=1S/C22H42O4/c1-3-5-7-9-11-12-14-16-18-22(21(25)26,19-20(23)24)17-15-13-10-8-6-4-2/h3-19H2,1-2H3,(H,23,24)(H,25,26). The van der Waals surface area contributed by atoms with E-state index >= 15 is 0 Å². The predicted molar refractivity (Wildman–Crippen MR) is 108 cm³/mol. The average Bonchev–Trinajstić information content (AvgIpc) is 2.59. The molecule has 0 aliphatic carbocycles. The average molecular weight is 371 g/mol. The van der Waals surface area contributed by atoms with Crippen LogP contribution in [0.2, 0.25) is 0 Å². The molecule has 0 amide bonds. The van der Waals surface area contributed by atoms with Gasteiger partial charge < -0.3 is 10.2 Å². The first-order valence-corrected chi connectivity index (χ1v) is 10.9. The topological polar surface area (TPSA) is 74.6 Å². The van der Waals surface area contributed by atoms with E-state index < -0.39 is 17.4 Å². The highest BCUT2D eigenvalue weighted by atomic mass is 16.4. The van der Waals surface area contributed by atoms with Gasteiger partial charge in [-0.25, -0.2) is 0 Å². The second-order valence-corrected chi connectivity index (χ2v) is 7.90. The minimum absolute atomic E-state index is 0.242. The van der Waals surface area contributed by atoms with Crippen molar-refractivity contribution in [1.82, 2.24) is 0 Å². The molecule has 26 heavy (non-hydrogen) atoms. The van der Waals surface area contributed by atoms with E-state index in [1.165, 1.54) is 51.4 Å². The number of carboxylic acid groups (broad SMARTS) is 2. The molecule has 0 bridgehead atoms. The summed E-state index contributed by atoms with van der Waals surface area (Å²) in [5.74, 6) is -1.91. The molecule has 0 fully saturated rings. The molecule has 0 aliphatic heterocycles. The van der Waals surface area contributed by atoms with Crippen molar-refractivity contribution < 1.29 is 19.8 Å². The van der Waals surface area contributed by atoms with E-state index in [4.69, 9.17) is 0 Å². The van der Waals surface area contributed by atoms with Gasteiger partial charge >= 0.3 is 11.9 Å². The number of hydrogen-bond acceptors (Lipinski definition) is 2. The first-order valence-electron chi connectivity index (χ1n) is 10.9. The van der Waals surface area contributed by atoms with Crippen molar-refractivity contribution in [1.29, 1.82) is 0 Å². The van der Waals surface area contributed by atoms with E-state index in [2.05, 4.69) is 13.8 Å². The molecule has 0 aromatic carbocycles. The lowest BCUT2D eigenvalue weighted by molar-refractivity contribution is -0.157. The van der Waals surface area contributed by atoms with E-state index in [0.717, 1.165) is 38.5 Å². The summed E-state index contributed by atoms with van der Waals surface area (Å²) < 4.78 is 0. The van der Waals surface area contributed by atoms with Gasteiger partial charge in [0.2, 0.25) is 0 Å². The van der Waals surface area contributed by atoms with Gasteiger partial charge in [0.25, 0.3) is 0 Å². The second-order valence-electron chi connectivity index (χ2n) is 7.90. The van der Waals surface area contributed by atoms with Gasteiger partial charge in [-0.3, -0.25) is 9.59 Å². The fourth-order valence-electron chi connectivity index (χ4n) is 3.72. The van der Waals surface area contributed by atoms with Gasteiger partial charge in [-0.05, 0) is 12.8 Å². The molecule has 1 atom stereocenters. The largest absolute Gasteiger partial charge is 0.481 e. The molecule has 4 nitrogen and oxygen atoms in total. The number of rotatable bonds is 19. The maximum atomic E-state index is 11.9. The highest BCUT2D eigenvalue weighted by Crippen LogP contribution is 2.36. The third kappa shape index (κ3) is 12.3. The van der Waals surface area contributed by atoms with Gasteiger partial charge in [0.05, 0.1) is 11.8 Å². The van der Waals surface area contributed by atoms with Crippen LogP contribution in [0.1, 0.15) is 123 Å². The summed E-state index contributed by atoms with van der Waals surface area (Å²) in [5, 5.41) is 19.0. The molecule has 0 aliphatic rings. The Morgan fingerprint density at radius 3 is 1.27 bits per heavy atom. The Bertz CT molecular complexity index is 367. The minimum Gasteiger partial charge on any atom is -0.481 e. The summed E-state index contributed by atoms with van der Waals surface area (Å²) in [4.78, 5) is 23.2. The summed E-state index contributed by atoms with van der Waals surface area (Å²) in [6.07, 6.45) is 16.5. The van der Waals surface area contributed by atoms with Crippen LogP contribution in [-0.2, 0) is 9.59 Å². The Balaban J connectivity index is 4.31. The van der Waals surface area contributed by atoms with Crippen molar-refractivity contribution in [3.8, 4) is 0 Å². The Kier molecular flexibility index (Phi) is 15.5. The molecule has 0 rings (SSSR count). The number of carbonyl (C=O) groups is 2. The first kappa shape index (κ1) is 24.9. The molecular weight excluding hydrogens is 328 g/mol. The van der Waals surface area contributed by atoms with Crippen LogP contribution in [0, 0.1) is 5.41 Å². The molecule has 154 valence electrons. The molecule has 2 N–H and O–H groups in total. The van der Waals surface area contributed by atoms with Gasteiger partial charge in [0.1, 0.15) is 0 Å². The first-order chi connectivity index (χ1) is 12.5. The lowest BCUT2D eigenvalue weighted by Gasteiger charge is -2.28. The van der Waals surface area contributed by atoms with Gasteiger partial charge in [-0.1, -0.05) is 104 Å². The van der Waals surface area contributed by atoms with Crippen LogP contribution in [0.4, 0.5) is 0 Å². The van der Waals surface area contributed by atoms with E-state index in [0.29, 0.717) is 12.8 Å². The maximum Gasteiger partial charge on any atom is 0.310 e. The number of carboxylic acids is 2. The SMILES string of the molecule is CCCCCCCCCCC(CCCCCCCC)(CC(=O)O)C(=O)O. The van der Waals surface area contributed by atoms with Crippen molar-refractivity contribution in [3.63, 3.8) is 0 Å².